The Morgan fingerprint density at radius 1 is 1.25 bits per heavy atom. The largest absolute Gasteiger partial charge is 0.490 e. The van der Waals surface area contributed by atoms with Crippen molar-refractivity contribution in [1.82, 2.24) is 10.5 Å². The second-order valence-corrected chi connectivity index (χ2v) is 4.77. The molecule has 0 aliphatic heterocycles. The fraction of sp³-hybridized carbons (Fsp3) is 0.294. The smallest absolute Gasteiger partial charge is 0.280 e. The number of amides is 1. The zero-order valence-corrected chi connectivity index (χ0v) is 13.7. The summed E-state index contributed by atoms with van der Waals surface area (Å²) < 4.78 is 11.0. The number of carbonyl (C=O) groups is 1. The SMILES string of the molecule is C=CCONC(=O)c1c[nH]c2cc(OCC)c(OCC)cc2c1=O. The highest BCUT2D eigenvalue weighted by Gasteiger charge is 2.16. The molecule has 0 radical (unpaired) electrons. The van der Waals surface area contributed by atoms with Gasteiger partial charge in [0.25, 0.3) is 5.91 Å². The van der Waals surface area contributed by atoms with Crippen LogP contribution >= 0.6 is 0 Å². The molecular weight excluding hydrogens is 312 g/mol. The average molecular weight is 332 g/mol. The highest BCUT2D eigenvalue weighted by atomic mass is 16.6. The van der Waals surface area contributed by atoms with Crippen molar-refractivity contribution in [2.24, 2.45) is 0 Å². The number of benzene rings is 1. The molecular formula is C17H20N2O5. The number of aromatic nitrogens is 1. The van der Waals surface area contributed by atoms with E-state index >= 15 is 0 Å². The van der Waals surface area contributed by atoms with Gasteiger partial charge in [0.15, 0.2) is 11.5 Å². The highest BCUT2D eigenvalue weighted by molar-refractivity contribution is 5.97. The summed E-state index contributed by atoms with van der Waals surface area (Å²) in [7, 11) is 0. The summed E-state index contributed by atoms with van der Waals surface area (Å²) in [5, 5.41) is 0.332. The summed E-state index contributed by atoms with van der Waals surface area (Å²) in [5.41, 5.74) is 2.26. The van der Waals surface area contributed by atoms with Crippen molar-refractivity contribution in [3.05, 3.63) is 46.8 Å². The molecule has 1 aromatic heterocycles. The van der Waals surface area contributed by atoms with Crippen LogP contribution in [0.5, 0.6) is 11.5 Å². The van der Waals surface area contributed by atoms with Gasteiger partial charge in [0.1, 0.15) is 5.56 Å². The normalized spacial score (nSPS) is 10.4. The lowest BCUT2D eigenvalue weighted by molar-refractivity contribution is 0.0420. The van der Waals surface area contributed by atoms with Crippen molar-refractivity contribution < 1.29 is 19.1 Å². The second kappa shape index (κ2) is 8.16. The Kier molecular flexibility index (Phi) is 5.97. The van der Waals surface area contributed by atoms with Crippen LogP contribution in [-0.4, -0.2) is 30.7 Å². The Hall–Kier alpha value is -2.80. The van der Waals surface area contributed by atoms with Gasteiger partial charge in [-0.3, -0.25) is 14.4 Å². The van der Waals surface area contributed by atoms with E-state index in [9.17, 15) is 9.59 Å². The van der Waals surface area contributed by atoms with Gasteiger partial charge in [-0.2, -0.15) is 0 Å². The molecule has 0 fully saturated rings. The zero-order chi connectivity index (χ0) is 17.5. The molecule has 2 N–H and O–H groups in total. The molecule has 1 amide bonds. The summed E-state index contributed by atoms with van der Waals surface area (Å²) >= 11 is 0. The van der Waals surface area contributed by atoms with E-state index in [0.29, 0.717) is 35.6 Å². The van der Waals surface area contributed by atoms with Gasteiger partial charge in [0, 0.05) is 12.3 Å². The predicted molar refractivity (Wildman–Crippen MR) is 90.5 cm³/mol. The summed E-state index contributed by atoms with van der Waals surface area (Å²) in [6, 6.07) is 3.26. The van der Waals surface area contributed by atoms with E-state index < -0.39 is 11.3 Å². The van der Waals surface area contributed by atoms with E-state index in [-0.39, 0.29) is 12.2 Å². The Bertz CT molecular complexity index is 797. The molecule has 1 heterocycles. The van der Waals surface area contributed by atoms with Gasteiger partial charge in [0.05, 0.1) is 30.7 Å². The van der Waals surface area contributed by atoms with Crippen LogP contribution in [0.2, 0.25) is 0 Å². The number of nitrogens with one attached hydrogen (secondary N) is 2. The number of hydroxylamine groups is 1. The van der Waals surface area contributed by atoms with Crippen molar-refractivity contribution in [2.75, 3.05) is 19.8 Å². The number of H-pyrrole nitrogens is 1. The molecule has 0 saturated heterocycles. The minimum Gasteiger partial charge on any atom is -0.490 e. The molecule has 7 nitrogen and oxygen atoms in total. The number of rotatable bonds is 8. The maximum Gasteiger partial charge on any atom is 0.280 e. The van der Waals surface area contributed by atoms with Crippen LogP contribution in [0.3, 0.4) is 0 Å². The van der Waals surface area contributed by atoms with E-state index in [2.05, 4.69) is 17.0 Å². The van der Waals surface area contributed by atoms with Gasteiger partial charge in [-0.1, -0.05) is 6.08 Å². The summed E-state index contributed by atoms with van der Waals surface area (Å²) in [6.07, 6.45) is 2.82. The first-order valence-corrected chi connectivity index (χ1v) is 7.60. The molecule has 7 heteroatoms. The second-order valence-electron chi connectivity index (χ2n) is 4.77. The Labute approximate surface area is 139 Å². The van der Waals surface area contributed by atoms with Gasteiger partial charge in [-0.05, 0) is 19.9 Å². The quantitative estimate of drug-likeness (QED) is 0.439. The van der Waals surface area contributed by atoms with Crippen LogP contribution in [-0.2, 0) is 4.84 Å². The number of fused-ring (bicyclic) bond motifs is 1. The average Bonchev–Trinajstić information content (AvgIpc) is 2.57. The summed E-state index contributed by atoms with van der Waals surface area (Å²) in [6.45, 7) is 8.21. The molecule has 0 aliphatic rings. The Morgan fingerprint density at radius 2 is 1.92 bits per heavy atom. The first kappa shape index (κ1) is 17.6. The number of pyridine rings is 1. The Morgan fingerprint density at radius 3 is 2.54 bits per heavy atom. The lowest BCUT2D eigenvalue weighted by atomic mass is 10.1. The highest BCUT2D eigenvalue weighted by Crippen LogP contribution is 2.30. The molecule has 2 aromatic rings. The van der Waals surface area contributed by atoms with Crippen LogP contribution < -0.4 is 20.4 Å². The fourth-order valence-corrected chi connectivity index (χ4v) is 2.15. The van der Waals surface area contributed by atoms with Crippen molar-refractivity contribution in [3.8, 4) is 11.5 Å². The van der Waals surface area contributed by atoms with Gasteiger partial charge >= 0.3 is 0 Å². The zero-order valence-electron chi connectivity index (χ0n) is 13.7. The molecule has 24 heavy (non-hydrogen) atoms. The third-order valence-corrected chi connectivity index (χ3v) is 3.16. The van der Waals surface area contributed by atoms with Gasteiger partial charge < -0.3 is 14.5 Å². The molecule has 0 unspecified atom stereocenters. The van der Waals surface area contributed by atoms with Gasteiger partial charge in [-0.15, -0.1) is 6.58 Å². The third-order valence-electron chi connectivity index (χ3n) is 3.16. The van der Waals surface area contributed by atoms with Crippen molar-refractivity contribution in [1.29, 1.82) is 0 Å². The molecule has 1 aromatic carbocycles. The lowest BCUT2D eigenvalue weighted by Gasteiger charge is -2.12. The standard InChI is InChI=1S/C17H20N2O5/c1-4-7-24-19-17(21)12-10-18-13-9-15(23-6-3)14(22-5-2)8-11(13)16(12)20/h4,8-10H,1,5-7H2,2-3H3,(H,18,20)(H,19,21). The maximum atomic E-state index is 12.6. The maximum absolute atomic E-state index is 12.6. The van der Waals surface area contributed by atoms with E-state index in [1.807, 2.05) is 13.8 Å². The topological polar surface area (TPSA) is 89.7 Å². The minimum absolute atomic E-state index is 0.0572. The minimum atomic E-state index is -0.633. The van der Waals surface area contributed by atoms with Crippen molar-refractivity contribution in [2.45, 2.75) is 13.8 Å². The molecule has 128 valence electrons. The number of ether oxygens (including phenoxy) is 2. The van der Waals surface area contributed by atoms with Gasteiger partial charge in [-0.25, -0.2) is 5.48 Å². The molecule has 0 aliphatic carbocycles. The molecule has 2 rings (SSSR count). The van der Waals surface area contributed by atoms with Crippen LogP contribution in [0.25, 0.3) is 10.9 Å². The van der Waals surface area contributed by atoms with Crippen molar-refractivity contribution >= 4 is 16.8 Å². The van der Waals surface area contributed by atoms with E-state index in [4.69, 9.17) is 14.3 Å². The molecule has 0 bridgehead atoms. The predicted octanol–water partition coefficient (Wildman–Crippen LogP) is 2.17. The van der Waals surface area contributed by atoms with Crippen LogP contribution in [0.4, 0.5) is 0 Å². The van der Waals surface area contributed by atoms with E-state index in [0.717, 1.165) is 0 Å². The Balaban J connectivity index is 2.46. The molecule has 0 atom stereocenters. The van der Waals surface area contributed by atoms with Crippen LogP contribution in [0, 0.1) is 0 Å². The first-order chi connectivity index (χ1) is 11.6. The van der Waals surface area contributed by atoms with E-state index in [1.165, 1.54) is 12.3 Å². The molecule has 0 spiro atoms. The number of hydrogen-bond acceptors (Lipinski definition) is 5. The monoisotopic (exact) mass is 332 g/mol. The summed E-state index contributed by atoms with van der Waals surface area (Å²) in [5.74, 6) is 0.360. The van der Waals surface area contributed by atoms with Crippen LogP contribution in [0.15, 0.2) is 35.8 Å². The van der Waals surface area contributed by atoms with Crippen molar-refractivity contribution in [3.63, 3.8) is 0 Å². The summed E-state index contributed by atoms with van der Waals surface area (Å²) in [4.78, 5) is 32.4. The lowest BCUT2D eigenvalue weighted by Crippen LogP contribution is -2.29. The first-order valence-electron chi connectivity index (χ1n) is 7.60. The third kappa shape index (κ3) is 3.75. The van der Waals surface area contributed by atoms with E-state index in [1.54, 1.807) is 12.1 Å². The number of carbonyl (C=O) groups excluding carboxylic acids is 1. The van der Waals surface area contributed by atoms with Gasteiger partial charge in [0.2, 0.25) is 5.43 Å². The number of aromatic amines is 1. The fourth-order valence-electron chi connectivity index (χ4n) is 2.15. The molecule has 0 saturated carbocycles. The number of hydrogen-bond donors (Lipinski definition) is 2. The van der Waals surface area contributed by atoms with Crippen LogP contribution in [0.1, 0.15) is 24.2 Å².